The van der Waals surface area contributed by atoms with Crippen LogP contribution in [0.25, 0.3) is 11.4 Å². The van der Waals surface area contributed by atoms with E-state index in [4.69, 9.17) is 4.74 Å². The summed E-state index contributed by atoms with van der Waals surface area (Å²) in [6.45, 7) is 5.14. The van der Waals surface area contributed by atoms with Crippen molar-refractivity contribution in [1.29, 1.82) is 0 Å². The Morgan fingerprint density at radius 1 is 0.475 bits per heavy atom. The van der Waals surface area contributed by atoms with E-state index < -0.39 is 0 Å². The third-order valence-electron chi connectivity index (χ3n) is 7.88. The van der Waals surface area contributed by atoms with Crippen LogP contribution >= 0.6 is 0 Å². The second kappa shape index (κ2) is 20.2. The SMILES string of the molecule is CCCCCCCCCCc1ccc(COc2ccc(-c3ncc(CCCCCCCCCC)cn3)cc2)cc1. The van der Waals surface area contributed by atoms with Crippen molar-refractivity contribution in [2.75, 3.05) is 0 Å². The first-order valence-electron chi connectivity index (χ1n) is 16.4. The first-order valence-corrected chi connectivity index (χ1v) is 16.4. The van der Waals surface area contributed by atoms with Gasteiger partial charge in [0.2, 0.25) is 0 Å². The lowest BCUT2D eigenvalue weighted by Gasteiger charge is -2.09. The number of unbranched alkanes of at least 4 members (excludes halogenated alkanes) is 14. The zero-order chi connectivity index (χ0) is 28.1. The number of ether oxygens (including phenoxy) is 1. The van der Waals surface area contributed by atoms with Gasteiger partial charge in [0.25, 0.3) is 0 Å². The maximum atomic E-state index is 6.05. The molecule has 0 radical (unpaired) electrons. The molecule has 0 spiro atoms. The van der Waals surface area contributed by atoms with Gasteiger partial charge in [-0.1, -0.05) is 128 Å². The number of hydrogen-bond acceptors (Lipinski definition) is 3. The fraction of sp³-hybridized carbons (Fsp3) is 0.568. The minimum atomic E-state index is 0.585. The highest BCUT2D eigenvalue weighted by Crippen LogP contribution is 2.21. The summed E-state index contributed by atoms with van der Waals surface area (Å²) in [5.41, 5.74) is 4.90. The van der Waals surface area contributed by atoms with Crippen molar-refractivity contribution < 1.29 is 4.74 Å². The van der Waals surface area contributed by atoms with Crippen molar-refractivity contribution in [3.63, 3.8) is 0 Å². The average Bonchev–Trinajstić information content (AvgIpc) is 3.00. The second-order valence-electron chi connectivity index (χ2n) is 11.5. The number of rotatable bonds is 22. The molecule has 218 valence electrons. The predicted molar refractivity (Wildman–Crippen MR) is 171 cm³/mol. The van der Waals surface area contributed by atoms with Crippen LogP contribution in [-0.4, -0.2) is 9.97 Å². The summed E-state index contributed by atoms with van der Waals surface area (Å²) in [5, 5.41) is 0. The fourth-order valence-corrected chi connectivity index (χ4v) is 5.23. The monoisotopic (exact) mass is 542 g/mol. The Morgan fingerprint density at radius 3 is 1.45 bits per heavy atom. The molecule has 0 N–H and O–H groups in total. The van der Waals surface area contributed by atoms with E-state index >= 15 is 0 Å². The number of aryl methyl sites for hydroxylation is 2. The van der Waals surface area contributed by atoms with E-state index in [1.165, 1.54) is 126 Å². The highest BCUT2D eigenvalue weighted by atomic mass is 16.5. The minimum absolute atomic E-state index is 0.585. The molecule has 3 aromatic rings. The van der Waals surface area contributed by atoms with E-state index in [0.29, 0.717) is 6.61 Å². The van der Waals surface area contributed by atoms with Gasteiger partial charge >= 0.3 is 0 Å². The van der Waals surface area contributed by atoms with E-state index in [0.717, 1.165) is 23.6 Å². The molecule has 0 saturated carbocycles. The summed E-state index contributed by atoms with van der Waals surface area (Å²) in [6.07, 6.45) is 27.9. The van der Waals surface area contributed by atoms with Gasteiger partial charge in [0.15, 0.2) is 5.82 Å². The molecule has 0 fully saturated rings. The van der Waals surface area contributed by atoms with Crippen LogP contribution in [0.4, 0.5) is 0 Å². The molecule has 0 aliphatic heterocycles. The average molecular weight is 543 g/mol. The van der Waals surface area contributed by atoms with Gasteiger partial charge in [-0.25, -0.2) is 9.97 Å². The Bertz CT molecular complexity index is 1010. The normalized spacial score (nSPS) is 11.2. The van der Waals surface area contributed by atoms with Gasteiger partial charge in [-0.05, 0) is 66.6 Å². The molecule has 2 aromatic carbocycles. The molecule has 1 heterocycles. The van der Waals surface area contributed by atoms with Crippen LogP contribution in [0, 0.1) is 0 Å². The molecule has 3 rings (SSSR count). The van der Waals surface area contributed by atoms with Crippen LogP contribution in [0.5, 0.6) is 5.75 Å². The molecular weight excluding hydrogens is 488 g/mol. The van der Waals surface area contributed by atoms with Crippen molar-refractivity contribution in [1.82, 2.24) is 9.97 Å². The van der Waals surface area contributed by atoms with Crippen LogP contribution in [0.15, 0.2) is 60.9 Å². The lowest BCUT2D eigenvalue weighted by molar-refractivity contribution is 0.306. The lowest BCUT2D eigenvalue weighted by Crippen LogP contribution is -1.97. The van der Waals surface area contributed by atoms with Crippen molar-refractivity contribution in [2.45, 2.75) is 136 Å². The van der Waals surface area contributed by atoms with Crippen LogP contribution in [-0.2, 0) is 19.4 Å². The number of benzene rings is 2. The summed E-state index contributed by atoms with van der Waals surface area (Å²) in [7, 11) is 0. The molecule has 1 aromatic heterocycles. The first-order chi connectivity index (χ1) is 19.8. The summed E-state index contributed by atoms with van der Waals surface area (Å²) in [6, 6.07) is 17.1. The van der Waals surface area contributed by atoms with Crippen molar-refractivity contribution in [2.24, 2.45) is 0 Å². The van der Waals surface area contributed by atoms with E-state index in [2.05, 4.69) is 60.2 Å². The van der Waals surface area contributed by atoms with E-state index in [1.807, 2.05) is 24.5 Å². The molecule has 0 aliphatic carbocycles. The van der Waals surface area contributed by atoms with Gasteiger partial charge in [0.05, 0.1) is 0 Å². The third-order valence-corrected chi connectivity index (χ3v) is 7.88. The third kappa shape index (κ3) is 13.1. The van der Waals surface area contributed by atoms with Crippen LogP contribution in [0.1, 0.15) is 133 Å². The van der Waals surface area contributed by atoms with E-state index in [1.54, 1.807) is 0 Å². The van der Waals surface area contributed by atoms with E-state index in [9.17, 15) is 0 Å². The van der Waals surface area contributed by atoms with Crippen molar-refractivity contribution >= 4 is 0 Å². The smallest absolute Gasteiger partial charge is 0.159 e. The number of nitrogens with zero attached hydrogens (tertiary/aromatic N) is 2. The molecule has 0 saturated heterocycles. The fourth-order valence-electron chi connectivity index (χ4n) is 5.23. The quantitative estimate of drug-likeness (QED) is 0.118. The van der Waals surface area contributed by atoms with Crippen LogP contribution < -0.4 is 4.74 Å². The van der Waals surface area contributed by atoms with Gasteiger partial charge in [-0.2, -0.15) is 0 Å². The number of hydrogen-bond donors (Lipinski definition) is 0. The second-order valence-corrected chi connectivity index (χ2v) is 11.5. The van der Waals surface area contributed by atoms with Gasteiger partial charge in [-0.15, -0.1) is 0 Å². The summed E-state index contributed by atoms with van der Waals surface area (Å²) in [4.78, 5) is 9.25. The molecule has 0 amide bonds. The summed E-state index contributed by atoms with van der Waals surface area (Å²) in [5.74, 6) is 1.65. The molecule has 3 heteroatoms. The molecule has 0 aliphatic rings. The molecule has 0 unspecified atom stereocenters. The van der Waals surface area contributed by atoms with Crippen molar-refractivity contribution in [3.05, 3.63) is 77.6 Å². The largest absolute Gasteiger partial charge is 0.489 e. The van der Waals surface area contributed by atoms with Crippen LogP contribution in [0.3, 0.4) is 0 Å². The Morgan fingerprint density at radius 2 is 0.925 bits per heavy atom. The Balaban J connectivity index is 1.31. The Labute approximate surface area is 245 Å². The zero-order valence-electron chi connectivity index (χ0n) is 25.5. The highest BCUT2D eigenvalue weighted by molar-refractivity contribution is 5.55. The van der Waals surface area contributed by atoms with Crippen molar-refractivity contribution in [3.8, 4) is 17.1 Å². The van der Waals surface area contributed by atoms with Crippen LogP contribution in [0.2, 0.25) is 0 Å². The molecular formula is C37H54N2O. The van der Waals surface area contributed by atoms with Gasteiger partial charge in [0.1, 0.15) is 12.4 Å². The Hall–Kier alpha value is -2.68. The lowest BCUT2D eigenvalue weighted by atomic mass is 10.0. The minimum Gasteiger partial charge on any atom is -0.489 e. The predicted octanol–water partition coefficient (Wildman–Crippen LogP) is 11.1. The van der Waals surface area contributed by atoms with Gasteiger partial charge < -0.3 is 4.74 Å². The maximum Gasteiger partial charge on any atom is 0.159 e. The topological polar surface area (TPSA) is 35.0 Å². The molecule has 0 bridgehead atoms. The van der Waals surface area contributed by atoms with Gasteiger partial charge in [0, 0.05) is 18.0 Å². The maximum absolute atomic E-state index is 6.05. The molecule has 40 heavy (non-hydrogen) atoms. The zero-order valence-corrected chi connectivity index (χ0v) is 25.5. The first kappa shape index (κ1) is 31.8. The highest BCUT2D eigenvalue weighted by Gasteiger charge is 2.04. The van der Waals surface area contributed by atoms with E-state index in [-0.39, 0.29) is 0 Å². The standard InChI is InChI=1S/C37H54N2O/c1-3-5-7-9-11-13-15-17-19-32-21-23-33(24-22-32)31-40-36-27-25-35(26-28-36)37-38-29-34(30-39-37)20-18-16-14-12-10-8-6-4-2/h21-30H,3-20,31H2,1-2H3. The molecule has 0 atom stereocenters. The van der Waals surface area contributed by atoms with Gasteiger partial charge in [-0.3, -0.25) is 0 Å². The number of aromatic nitrogens is 2. The summed E-state index contributed by atoms with van der Waals surface area (Å²) < 4.78 is 6.05. The Kier molecular flexibility index (Phi) is 16.1. The summed E-state index contributed by atoms with van der Waals surface area (Å²) >= 11 is 0. The molecule has 3 nitrogen and oxygen atoms in total.